The quantitative estimate of drug-likeness (QED) is 0.112. The minimum Gasteiger partial charge on any atom is -0.870 e. The van der Waals surface area contributed by atoms with Crippen LogP contribution in [0.2, 0.25) is 10.0 Å². The van der Waals surface area contributed by atoms with E-state index in [-0.39, 0.29) is 33.3 Å². The zero-order chi connectivity index (χ0) is 37.0. The highest BCUT2D eigenvalue weighted by atomic mass is 35.5. The highest BCUT2D eigenvalue weighted by Gasteiger charge is 2.47. The van der Waals surface area contributed by atoms with Crippen molar-refractivity contribution < 1.29 is 43.7 Å². The maximum absolute atomic E-state index is 14.1. The number of rotatable bonds is 12. The molecule has 11 nitrogen and oxygen atoms in total. The number of esters is 2. The van der Waals surface area contributed by atoms with Gasteiger partial charge in [-0.25, -0.2) is 9.78 Å². The van der Waals surface area contributed by atoms with Crippen molar-refractivity contribution in [1.29, 1.82) is 0 Å². The molecule has 0 amide bonds. The monoisotopic (exact) mass is 777 g/mol. The molecule has 0 aliphatic carbocycles. The molecule has 4 saturated heterocycles. The number of likely N-dealkylation sites (tertiary alicyclic amines) is 1. The highest BCUT2D eigenvalue weighted by molar-refractivity contribution is 6.36. The Hall–Kier alpha value is -4.39. The Morgan fingerprint density at radius 1 is 0.870 bits per heavy atom. The van der Waals surface area contributed by atoms with Gasteiger partial charge in [-0.15, -0.1) is 0 Å². The van der Waals surface area contributed by atoms with Gasteiger partial charge in [-0.05, 0) is 99.2 Å². The van der Waals surface area contributed by atoms with Crippen molar-refractivity contribution in [2.45, 2.75) is 50.0 Å². The molecule has 4 aromatic rings. The third-order valence-corrected chi connectivity index (χ3v) is 11.4. The number of aromatic nitrogens is 1. The number of H-pyrrole nitrogens is 1. The number of benzene rings is 3. The molecule has 0 radical (unpaired) electrons. The number of carbonyl (C=O) groups excluding carboxylic acids is 2. The maximum atomic E-state index is 14.1. The van der Waals surface area contributed by atoms with Crippen molar-refractivity contribution in [3.05, 3.63) is 117 Å². The molecule has 8 rings (SSSR count). The summed E-state index contributed by atoms with van der Waals surface area (Å²) < 4.78 is 29.2. The van der Waals surface area contributed by atoms with Crippen molar-refractivity contribution in [2.75, 3.05) is 46.9 Å². The minimum absolute atomic E-state index is 0. The van der Waals surface area contributed by atoms with E-state index in [0.717, 1.165) is 56.7 Å². The third-order valence-electron chi connectivity index (χ3n) is 10.8. The molecule has 5 heterocycles. The average molecular weight is 779 g/mol. The van der Waals surface area contributed by atoms with Crippen molar-refractivity contribution in [3.63, 3.8) is 0 Å². The van der Waals surface area contributed by atoms with E-state index in [1.807, 2.05) is 30.3 Å². The van der Waals surface area contributed by atoms with Gasteiger partial charge in [-0.1, -0.05) is 65.7 Å². The van der Waals surface area contributed by atoms with Crippen LogP contribution in [0.5, 0.6) is 17.2 Å². The minimum atomic E-state index is -1.21. The Morgan fingerprint density at radius 2 is 1.54 bits per heavy atom. The molecule has 2 atom stereocenters. The summed E-state index contributed by atoms with van der Waals surface area (Å²) in [5.41, 5.74) is 2.22. The topological polar surface area (TPSA) is 131 Å². The fourth-order valence-electron chi connectivity index (χ4n) is 7.74. The Morgan fingerprint density at radius 3 is 2.15 bits per heavy atom. The summed E-state index contributed by atoms with van der Waals surface area (Å²) in [6.07, 6.45) is 5.34. The maximum Gasteiger partial charge on any atom is 0.341 e. The molecule has 286 valence electrons. The summed E-state index contributed by atoms with van der Waals surface area (Å²) in [4.78, 5) is 35.2. The fourth-order valence-corrected chi connectivity index (χ4v) is 8.20. The van der Waals surface area contributed by atoms with Gasteiger partial charge in [0.2, 0.25) is 0 Å². The number of hydrogen-bond acceptors (Lipinski definition) is 10. The molecule has 13 heteroatoms. The SMILES string of the molecule is COc1ccc([C@@H](OC(=O)c2ccc(CN3CCC(C(=O)O[C@H]4CN5CCC4CC5)(c4ccccc4)CC3)cc2)Oc2c(Cl)c[nH+]cc2Cl)cc1OC.[OH-]. The molecule has 0 unspecified atom stereocenters. The van der Waals surface area contributed by atoms with Gasteiger partial charge in [0.05, 0.1) is 25.2 Å². The van der Waals surface area contributed by atoms with Crippen LogP contribution >= 0.6 is 23.2 Å². The van der Waals surface area contributed by atoms with Gasteiger partial charge >= 0.3 is 11.9 Å². The summed E-state index contributed by atoms with van der Waals surface area (Å²) in [6, 6.07) is 22.5. The van der Waals surface area contributed by atoms with E-state index in [9.17, 15) is 9.59 Å². The number of nitrogens with one attached hydrogen (secondary N) is 1. The Balaban J connectivity index is 0.00000497. The van der Waals surface area contributed by atoms with E-state index in [1.165, 1.54) is 26.6 Å². The first-order chi connectivity index (χ1) is 25.8. The summed E-state index contributed by atoms with van der Waals surface area (Å²) in [5, 5.41) is 0.432. The predicted octanol–water partition coefficient (Wildman–Crippen LogP) is 6.75. The molecule has 4 fully saturated rings. The van der Waals surface area contributed by atoms with E-state index >= 15 is 0 Å². The van der Waals surface area contributed by atoms with E-state index in [0.29, 0.717) is 47.9 Å². The summed E-state index contributed by atoms with van der Waals surface area (Å²) >= 11 is 12.8. The first-order valence-corrected chi connectivity index (χ1v) is 18.8. The lowest BCUT2D eigenvalue weighted by Crippen LogP contribution is -2.54. The molecule has 0 spiro atoms. The smallest absolute Gasteiger partial charge is 0.341 e. The van der Waals surface area contributed by atoms with Crippen molar-refractivity contribution in [2.24, 2.45) is 5.92 Å². The number of nitrogens with zero attached hydrogens (tertiary/aromatic N) is 2. The number of halogens is 2. The van der Waals surface area contributed by atoms with Crippen LogP contribution in [0.25, 0.3) is 0 Å². The third kappa shape index (κ3) is 8.45. The number of piperidine rings is 4. The van der Waals surface area contributed by atoms with Crippen LogP contribution in [-0.2, 0) is 26.2 Å². The van der Waals surface area contributed by atoms with Gasteiger partial charge in [0.25, 0.3) is 6.29 Å². The van der Waals surface area contributed by atoms with Crippen molar-refractivity contribution in [1.82, 2.24) is 9.80 Å². The van der Waals surface area contributed by atoms with Gasteiger partial charge in [-0.2, -0.15) is 0 Å². The van der Waals surface area contributed by atoms with Crippen LogP contribution < -0.4 is 19.2 Å². The number of fused-ring (bicyclic) bond motifs is 3. The van der Waals surface area contributed by atoms with Gasteiger partial charge in [-0.3, -0.25) is 14.6 Å². The van der Waals surface area contributed by atoms with Gasteiger partial charge in [0, 0.05) is 18.7 Å². The second-order valence-corrected chi connectivity index (χ2v) is 14.8. The van der Waals surface area contributed by atoms with Crippen LogP contribution in [0, 0.1) is 5.92 Å². The number of pyridine rings is 1. The molecule has 54 heavy (non-hydrogen) atoms. The molecule has 2 N–H and O–H groups in total. The van der Waals surface area contributed by atoms with E-state index in [1.54, 1.807) is 30.3 Å². The first-order valence-electron chi connectivity index (χ1n) is 18.0. The largest absolute Gasteiger partial charge is 0.870 e. The van der Waals surface area contributed by atoms with Crippen molar-refractivity contribution in [3.8, 4) is 17.2 Å². The summed E-state index contributed by atoms with van der Waals surface area (Å²) in [5.74, 6) is 0.864. The Kier molecular flexibility index (Phi) is 12.7. The summed E-state index contributed by atoms with van der Waals surface area (Å²) in [6.45, 7) is 5.20. The molecule has 4 aliphatic rings. The molecule has 3 aromatic carbocycles. The zero-order valence-corrected chi connectivity index (χ0v) is 31.9. The zero-order valence-electron chi connectivity index (χ0n) is 30.3. The van der Waals surface area contributed by atoms with Gasteiger partial charge in [0.1, 0.15) is 16.1 Å². The van der Waals surface area contributed by atoms with E-state index in [4.69, 9.17) is 46.9 Å². The second kappa shape index (κ2) is 17.4. The predicted molar refractivity (Wildman–Crippen MR) is 201 cm³/mol. The van der Waals surface area contributed by atoms with Crippen LogP contribution in [0.1, 0.15) is 59.0 Å². The molecule has 0 saturated carbocycles. The van der Waals surface area contributed by atoms with Gasteiger partial charge < -0.3 is 29.2 Å². The molecular formula is C41H45Cl2N3O8. The number of hydrogen-bond donors (Lipinski definition) is 0. The average Bonchev–Trinajstić information content (AvgIpc) is 3.20. The van der Waals surface area contributed by atoms with Crippen molar-refractivity contribution >= 4 is 35.1 Å². The van der Waals surface area contributed by atoms with Crippen LogP contribution in [0.15, 0.2) is 85.2 Å². The number of methoxy groups -OCH3 is 2. The Labute approximate surface area is 325 Å². The second-order valence-electron chi connectivity index (χ2n) is 14.0. The number of ether oxygens (including phenoxy) is 5. The van der Waals surface area contributed by atoms with E-state index in [2.05, 4.69) is 26.9 Å². The highest BCUT2D eigenvalue weighted by Crippen LogP contribution is 2.40. The fraction of sp³-hybridized carbons (Fsp3) is 0.390. The number of aromatic amines is 1. The molecule has 1 aromatic heterocycles. The van der Waals surface area contributed by atoms with Gasteiger partial charge in [0.15, 0.2) is 29.6 Å². The van der Waals surface area contributed by atoms with Crippen LogP contribution in [0.3, 0.4) is 0 Å². The number of carbonyl (C=O) groups is 2. The molecule has 2 bridgehead atoms. The first kappa shape index (κ1) is 39.3. The van der Waals surface area contributed by atoms with Crippen LogP contribution in [-0.4, -0.2) is 80.3 Å². The lowest BCUT2D eigenvalue weighted by Gasteiger charge is -2.46. The molecular weight excluding hydrogens is 733 g/mol. The molecule has 4 aliphatic heterocycles. The lowest BCUT2D eigenvalue weighted by molar-refractivity contribution is -0.377. The van der Waals surface area contributed by atoms with E-state index < -0.39 is 17.7 Å². The lowest BCUT2D eigenvalue weighted by atomic mass is 9.72. The van der Waals surface area contributed by atoms with Crippen LogP contribution in [0.4, 0.5) is 0 Å². The Bertz CT molecular complexity index is 1880. The normalized spacial score (nSPS) is 20.9. The standard InChI is InChI=1S/C41H43Cl2N3O7.H2O/c1-49-34-13-12-30(22-35(34)50-2)39(52-37-32(42)23-44-24-33(37)43)53-38(47)29-10-8-27(9-11-29)25-46-20-16-41(17-21-46,31-6-4-3-5-7-31)40(48)51-36-26-45-18-14-28(36)15-19-45;/h3-13,22-24,28,36,39H,14-21,25-26H2,1-2H3;1H2/t36-,39+;/m0./s1. The summed E-state index contributed by atoms with van der Waals surface area (Å²) in [7, 11) is 3.05.